The van der Waals surface area contributed by atoms with Crippen LogP contribution in [0.5, 0.6) is 0 Å². The van der Waals surface area contributed by atoms with Crippen molar-refractivity contribution in [2.45, 2.75) is 13.8 Å². The minimum atomic E-state index is -0.710. The zero-order chi connectivity index (χ0) is 5.91. The molecule has 0 aromatic heterocycles. The molecule has 0 N–H and O–H groups in total. The van der Waals surface area contributed by atoms with Crippen molar-refractivity contribution in [2.75, 3.05) is 19.0 Å². The Bertz CT molecular complexity index is 46.0. The molecule has 0 heterocycles. The summed E-state index contributed by atoms with van der Waals surface area (Å²) in [5.41, 5.74) is 0. The van der Waals surface area contributed by atoms with Crippen LogP contribution in [0.1, 0.15) is 13.8 Å². The van der Waals surface area contributed by atoms with Crippen LogP contribution in [0.25, 0.3) is 0 Å². The van der Waals surface area contributed by atoms with Crippen LogP contribution in [0.15, 0.2) is 0 Å². The van der Waals surface area contributed by atoms with Gasteiger partial charge in [-0.2, -0.15) is 0 Å². The Kier molecular flexibility index (Phi) is 3.27. The summed E-state index contributed by atoms with van der Waals surface area (Å²) in [4.78, 5) is 0. The van der Waals surface area contributed by atoms with Crippen LogP contribution in [0.4, 0.5) is 0 Å². The normalized spacial score (nSPS) is 12.0. The van der Waals surface area contributed by atoms with Gasteiger partial charge in [-0.15, -0.1) is 0 Å². The standard InChI is InChI=1S/C5H14PS/c1-4-6(3,7)5-2/h7H,4-5H2,1-3H3/q+1. The monoisotopic (exact) mass is 137 g/mol. The fourth-order valence-corrected chi connectivity index (χ4v) is 0.671. The third kappa shape index (κ3) is 3.37. The first-order valence-corrected chi connectivity index (χ1v) is 6.45. The number of rotatable bonds is 2. The SMILES string of the molecule is CC[P+](C)(S)CC. The summed E-state index contributed by atoms with van der Waals surface area (Å²) >= 11 is 4.50. The molecule has 0 spiro atoms. The van der Waals surface area contributed by atoms with Crippen molar-refractivity contribution >= 4 is 18.7 Å². The van der Waals surface area contributed by atoms with Crippen molar-refractivity contribution in [1.29, 1.82) is 0 Å². The summed E-state index contributed by atoms with van der Waals surface area (Å²) in [7, 11) is 0. The molecule has 44 valence electrons. The Labute approximate surface area is 52.2 Å². The lowest BCUT2D eigenvalue weighted by molar-refractivity contribution is 1.41. The maximum absolute atomic E-state index is 4.50. The van der Waals surface area contributed by atoms with E-state index in [1.807, 2.05) is 0 Å². The van der Waals surface area contributed by atoms with E-state index in [0.717, 1.165) is 0 Å². The Morgan fingerprint density at radius 1 is 1.29 bits per heavy atom. The molecular formula is C5H14PS+. The third-order valence-corrected chi connectivity index (χ3v) is 5.78. The second kappa shape index (κ2) is 2.94. The zero-order valence-electron chi connectivity index (χ0n) is 5.31. The molecule has 0 unspecified atom stereocenters. The van der Waals surface area contributed by atoms with Crippen LogP contribution >= 0.6 is 18.7 Å². The molecule has 0 aliphatic heterocycles. The molecule has 0 aliphatic rings. The van der Waals surface area contributed by atoms with E-state index < -0.39 is 6.46 Å². The predicted octanol–water partition coefficient (Wildman–Crippen LogP) is 2.52. The van der Waals surface area contributed by atoms with Crippen molar-refractivity contribution in [1.82, 2.24) is 0 Å². The van der Waals surface area contributed by atoms with E-state index in [4.69, 9.17) is 0 Å². The Morgan fingerprint density at radius 3 is 1.57 bits per heavy atom. The second-order valence-corrected chi connectivity index (χ2v) is 8.81. The van der Waals surface area contributed by atoms with Gasteiger partial charge in [0.05, 0.1) is 25.5 Å². The first-order chi connectivity index (χ1) is 3.12. The first kappa shape index (κ1) is 7.78. The van der Waals surface area contributed by atoms with Gasteiger partial charge in [0.2, 0.25) is 0 Å². The lowest BCUT2D eigenvalue weighted by Gasteiger charge is -2.08. The molecule has 0 radical (unpaired) electrons. The fourth-order valence-electron chi connectivity index (χ4n) is 0.224. The molecule has 0 saturated carbocycles. The maximum Gasteiger partial charge on any atom is 0.0670 e. The molecule has 0 aromatic rings. The van der Waals surface area contributed by atoms with E-state index in [9.17, 15) is 0 Å². The van der Waals surface area contributed by atoms with Gasteiger partial charge in [0.1, 0.15) is 0 Å². The molecule has 0 aliphatic carbocycles. The number of hydrogen-bond acceptors (Lipinski definition) is 1. The summed E-state index contributed by atoms with van der Waals surface area (Å²) in [6, 6.07) is 0. The van der Waals surface area contributed by atoms with Crippen LogP contribution in [0.3, 0.4) is 0 Å². The summed E-state index contributed by atoms with van der Waals surface area (Å²) < 4.78 is 0. The Morgan fingerprint density at radius 2 is 1.57 bits per heavy atom. The van der Waals surface area contributed by atoms with Crippen LogP contribution < -0.4 is 0 Å². The highest BCUT2D eigenvalue weighted by Gasteiger charge is 2.19. The molecular weight excluding hydrogens is 123 g/mol. The Balaban J connectivity index is 3.36. The van der Waals surface area contributed by atoms with Gasteiger partial charge in [-0.05, 0) is 13.8 Å². The van der Waals surface area contributed by atoms with Crippen molar-refractivity contribution in [3.63, 3.8) is 0 Å². The lowest BCUT2D eigenvalue weighted by atomic mass is 11.0. The number of hydrogen-bond donors (Lipinski definition) is 1. The minimum absolute atomic E-state index is 0.710. The van der Waals surface area contributed by atoms with Crippen LogP contribution in [-0.2, 0) is 0 Å². The van der Waals surface area contributed by atoms with E-state index in [0.29, 0.717) is 0 Å². The molecule has 0 saturated heterocycles. The molecule has 0 atom stereocenters. The molecule has 2 heteroatoms. The van der Waals surface area contributed by atoms with E-state index >= 15 is 0 Å². The highest BCUT2D eigenvalue weighted by molar-refractivity contribution is 8.52. The van der Waals surface area contributed by atoms with Gasteiger partial charge in [0.15, 0.2) is 0 Å². The van der Waals surface area contributed by atoms with Crippen LogP contribution in [-0.4, -0.2) is 19.0 Å². The summed E-state index contributed by atoms with van der Waals surface area (Å²) in [6.07, 6.45) is 2.54. The van der Waals surface area contributed by atoms with E-state index in [1.54, 1.807) is 0 Å². The zero-order valence-corrected chi connectivity index (χ0v) is 7.10. The topological polar surface area (TPSA) is 0 Å². The van der Waals surface area contributed by atoms with Crippen molar-refractivity contribution in [2.24, 2.45) is 0 Å². The molecule has 0 amide bonds. The van der Waals surface area contributed by atoms with Crippen molar-refractivity contribution < 1.29 is 0 Å². The molecule has 0 fully saturated rings. The molecule has 0 nitrogen and oxygen atoms in total. The maximum atomic E-state index is 4.50. The first-order valence-electron chi connectivity index (χ1n) is 2.69. The predicted molar refractivity (Wildman–Crippen MR) is 42.9 cm³/mol. The largest absolute Gasteiger partial charge is 0.0670 e. The van der Waals surface area contributed by atoms with Gasteiger partial charge in [0, 0.05) is 12.2 Å². The summed E-state index contributed by atoms with van der Waals surface area (Å²) in [5, 5.41) is 0. The Hall–Kier alpha value is 0.780. The van der Waals surface area contributed by atoms with Crippen LogP contribution in [0, 0.1) is 0 Å². The van der Waals surface area contributed by atoms with Gasteiger partial charge in [-0.25, -0.2) is 0 Å². The minimum Gasteiger partial charge on any atom is -0.0302 e. The smallest absolute Gasteiger partial charge is 0.0302 e. The van der Waals surface area contributed by atoms with Gasteiger partial charge >= 0.3 is 0 Å². The van der Waals surface area contributed by atoms with Gasteiger partial charge in [0.25, 0.3) is 0 Å². The molecule has 7 heavy (non-hydrogen) atoms. The van der Waals surface area contributed by atoms with E-state index in [-0.39, 0.29) is 0 Å². The molecule has 0 bridgehead atoms. The summed E-state index contributed by atoms with van der Waals surface area (Å²) in [5.74, 6) is 0. The second-order valence-electron chi connectivity index (χ2n) is 1.97. The average molecular weight is 137 g/mol. The van der Waals surface area contributed by atoms with Gasteiger partial charge < -0.3 is 0 Å². The van der Waals surface area contributed by atoms with Gasteiger partial charge in [-0.3, -0.25) is 0 Å². The number of thiol groups is 1. The van der Waals surface area contributed by atoms with Crippen molar-refractivity contribution in [3.8, 4) is 0 Å². The third-order valence-electron chi connectivity index (χ3n) is 1.36. The van der Waals surface area contributed by atoms with Crippen LogP contribution in [0.2, 0.25) is 0 Å². The summed E-state index contributed by atoms with van der Waals surface area (Å²) in [6.45, 7) is 5.99. The van der Waals surface area contributed by atoms with Gasteiger partial charge in [-0.1, -0.05) is 0 Å². The fraction of sp³-hybridized carbons (Fsp3) is 1.00. The molecule has 0 aromatic carbocycles. The highest BCUT2D eigenvalue weighted by Crippen LogP contribution is 2.58. The molecule has 0 rings (SSSR count). The van der Waals surface area contributed by atoms with E-state index in [1.165, 1.54) is 12.3 Å². The van der Waals surface area contributed by atoms with Crippen molar-refractivity contribution in [3.05, 3.63) is 0 Å². The average Bonchev–Trinajstić information content (AvgIpc) is 1.68. The lowest BCUT2D eigenvalue weighted by Crippen LogP contribution is -1.86. The quantitative estimate of drug-likeness (QED) is 0.439. The van der Waals surface area contributed by atoms with E-state index in [2.05, 4.69) is 32.8 Å². The highest BCUT2D eigenvalue weighted by atomic mass is 32.7.